The van der Waals surface area contributed by atoms with E-state index in [2.05, 4.69) is 21.3 Å². The van der Waals surface area contributed by atoms with E-state index in [0.29, 0.717) is 6.42 Å². The Labute approximate surface area is 248 Å². The molecule has 2 rings (SSSR count). The number of carbonyl (C=O) groups excluding carboxylic acids is 6. The number of primary amides is 1. The van der Waals surface area contributed by atoms with Gasteiger partial charge in [-0.05, 0) is 39.2 Å². The number of carbonyl (C=O) groups is 7. The molecule has 1 heterocycles. The van der Waals surface area contributed by atoms with Crippen molar-refractivity contribution in [3.8, 4) is 0 Å². The summed E-state index contributed by atoms with van der Waals surface area (Å²) in [7, 11) is 0. The summed E-state index contributed by atoms with van der Waals surface area (Å²) in [5.74, 6) is -5.72. The SMILES string of the molecule is C[C@H](NC(=O)[C@H](CCC(=O)O)NC(=O)CN1CC(C)(F)C[C@H](NC(=O)[C@H](C)NC(=O)CCc2ccccc2)C1=O)C(N)=O. The molecule has 7 N–H and O–H groups in total. The fourth-order valence-corrected chi connectivity index (χ4v) is 4.43. The summed E-state index contributed by atoms with van der Waals surface area (Å²) in [5.41, 5.74) is 4.08. The minimum absolute atomic E-state index is 0.127. The Morgan fingerprint density at radius 3 is 2.26 bits per heavy atom. The van der Waals surface area contributed by atoms with Crippen LogP contribution in [0.1, 0.15) is 52.0 Å². The largest absolute Gasteiger partial charge is 0.481 e. The zero-order valence-corrected chi connectivity index (χ0v) is 24.4. The Bertz CT molecular complexity index is 1210. The third-order valence-electron chi connectivity index (χ3n) is 6.75. The highest BCUT2D eigenvalue weighted by atomic mass is 19.1. The van der Waals surface area contributed by atoms with E-state index >= 15 is 4.39 Å². The molecule has 1 aromatic rings. The Balaban J connectivity index is 2.00. The minimum atomic E-state index is -1.99. The maximum atomic E-state index is 15.2. The summed E-state index contributed by atoms with van der Waals surface area (Å²) in [6, 6.07) is 4.42. The summed E-state index contributed by atoms with van der Waals surface area (Å²) in [4.78, 5) is 86.7. The van der Waals surface area contributed by atoms with Crippen molar-refractivity contribution < 1.29 is 43.1 Å². The van der Waals surface area contributed by atoms with Gasteiger partial charge < -0.3 is 37.0 Å². The molecule has 0 spiro atoms. The van der Waals surface area contributed by atoms with E-state index in [-0.39, 0.29) is 25.2 Å². The summed E-state index contributed by atoms with van der Waals surface area (Å²) in [6.07, 6.45) is -0.617. The van der Waals surface area contributed by atoms with Crippen LogP contribution in [0.3, 0.4) is 0 Å². The van der Waals surface area contributed by atoms with Crippen molar-refractivity contribution in [1.82, 2.24) is 26.2 Å². The lowest BCUT2D eigenvalue weighted by Gasteiger charge is -2.39. The van der Waals surface area contributed by atoms with Crippen molar-refractivity contribution in [2.24, 2.45) is 5.73 Å². The van der Waals surface area contributed by atoms with Crippen LogP contribution < -0.4 is 27.0 Å². The lowest BCUT2D eigenvalue weighted by atomic mass is 9.92. The molecule has 0 aliphatic carbocycles. The highest BCUT2D eigenvalue weighted by Crippen LogP contribution is 2.26. The van der Waals surface area contributed by atoms with Gasteiger partial charge in [0.1, 0.15) is 29.8 Å². The molecule has 0 radical (unpaired) electrons. The summed E-state index contributed by atoms with van der Waals surface area (Å²) in [5, 5.41) is 18.6. The Morgan fingerprint density at radius 2 is 1.65 bits per heavy atom. The fourth-order valence-electron chi connectivity index (χ4n) is 4.43. The summed E-state index contributed by atoms with van der Waals surface area (Å²) >= 11 is 0. The van der Waals surface area contributed by atoms with Gasteiger partial charge in [0, 0.05) is 19.3 Å². The van der Waals surface area contributed by atoms with E-state index in [4.69, 9.17) is 10.8 Å². The molecule has 6 amide bonds. The second-order valence-electron chi connectivity index (χ2n) is 10.8. The van der Waals surface area contributed by atoms with Crippen LogP contribution in [0.4, 0.5) is 4.39 Å². The minimum Gasteiger partial charge on any atom is -0.481 e. The van der Waals surface area contributed by atoms with Gasteiger partial charge in [-0.1, -0.05) is 30.3 Å². The van der Waals surface area contributed by atoms with Gasteiger partial charge in [-0.2, -0.15) is 0 Å². The smallest absolute Gasteiger partial charge is 0.303 e. The van der Waals surface area contributed by atoms with Crippen molar-refractivity contribution in [2.75, 3.05) is 13.1 Å². The average Bonchev–Trinajstić information content (AvgIpc) is 2.92. The topological polar surface area (TPSA) is 217 Å². The fraction of sp³-hybridized carbons (Fsp3) is 0.536. The highest BCUT2D eigenvalue weighted by molar-refractivity contribution is 5.95. The lowest BCUT2D eigenvalue weighted by molar-refractivity contribution is -0.147. The number of hydrogen-bond acceptors (Lipinski definition) is 7. The molecule has 43 heavy (non-hydrogen) atoms. The number of likely N-dealkylation sites (tertiary alicyclic amines) is 1. The number of piperidine rings is 1. The molecule has 0 aromatic heterocycles. The molecule has 0 bridgehead atoms. The number of aryl methyl sites for hydroxylation is 1. The first-order chi connectivity index (χ1) is 20.1. The molecule has 5 atom stereocenters. The maximum absolute atomic E-state index is 15.2. The molecule has 14 nitrogen and oxygen atoms in total. The van der Waals surface area contributed by atoms with Gasteiger partial charge in [0.05, 0.1) is 13.1 Å². The maximum Gasteiger partial charge on any atom is 0.303 e. The first kappa shape index (κ1) is 34.6. The Hall–Kier alpha value is -4.56. The van der Waals surface area contributed by atoms with Crippen molar-refractivity contribution in [3.05, 3.63) is 35.9 Å². The van der Waals surface area contributed by atoms with Crippen LogP contribution >= 0.6 is 0 Å². The van der Waals surface area contributed by atoms with Crippen molar-refractivity contribution >= 4 is 41.4 Å². The first-order valence-electron chi connectivity index (χ1n) is 13.8. The van der Waals surface area contributed by atoms with Gasteiger partial charge in [0.25, 0.3) is 0 Å². The molecule has 1 saturated heterocycles. The van der Waals surface area contributed by atoms with Crippen LogP contribution in [0.2, 0.25) is 0 Å². The van der Waals surface area contributed by atoms with Gasteiger partial charge in [0.15, 0.2) is 0 Å². The average molecular weight is 607 g/mol. The number of halogens is 1. The zero-order chi connectivity index (χ0) is 32.3. The van der Waals surface area contributed by atoms with Crippen LogP contribution in [0.25, 0.3) is 0 Å². The van der Waals surface area contributed by atoms with E-state index in [0.717, 1.165) is 10.5 Å². The normalized spacial score (nSPS) is 20.2. The van der Waals surface area contributed by atoms with Crippen LogP contribution in [-0.4, -0.2) is 94.3 Å². The van der Waals surface area contributed by atoms with E-state index < -0.39 is 84.9 Å². The summed E-state index contributed by atoms with van der Waals surface area (Å²) < 4.78 is 15.2. The number of carboxylic acids is 1. The predicted octanol–water partition coefficient (Wildman–Crippen LogP) is -1.09. The molecular weight excluding hydrogens is 567 g/mol. The third-order valence-corrected chi connectivity index (χ3v) is 6.75. The van der Waals surface area contributed by atoms with Crippen LogP contribution in [-0.2, 0) is 40.0 Å². The number of amides is 6. The molecule has 15 heteroatoms. The van der Waals surface area contributed by atoms with Crippen LogP contribution in [0.15, 0.2) is 30.3 Å². The zero-order valence-electron chi connectivity index (χ0n) is 24.4. The van der Waals surface area contributed by atoms with E-state index in [1.807, 2.05) is 30.3 Å². The number of benzene rings is 1. The van der Waals surface area contributed by atoms with Gasteiger partial charge >= 0.3 is 5.97 Å². The number of rotatable bonds is 15. The number of nitrogens with two attached hydrogens (primary N) is 1. The quantitative estimate of drug-likeness (QED) is 0.144. The lowest BCUT2D eigenvalue weighted by Crippen LogP contribution is -2.62. The highest BCUT2D eigenvalue weighted by Gasteiger charge is 2.43. The van der Waals surface area contributed by atoms with Crippen molar-refractivity contribution in [1.29, 1.82) is 0 Å². The van der Waals surface area contributed by atoms with Crippen LogP contribution in [0, 0.1) is 0 Å². The monoisotopic (exact) mass is 606 g/mol. The number of carboxylic acid groups (broad SMARTS) is 1. The molecule has 1 aromatic carbocycles. The molecule has 1 aliphatic heterocycles. The molecule has 1 unspecified atom stereocenters. The summed E-state index contributed by atoms with van der Waals surface area (Å²) in [6.45, 7) is 2.74. The number of alkyl halides is 1. The van der Waals surface area contributed by atoms with Crippen LogP contribution in [0.5, 0.6) is 0 Å². The number of nitrogens with zero attached hydrogens (tertiary/aromatic N) is 1. The number of nitrogens with one attached hydrogen (secondary N) is 4. The third kappa shape index (κ3) is 11.7. The molecular formula is C28H39FN6O8. The number of hydrogen-bond donors (Lipinski definition) is 6. The van der Waals surface area contributed by atoms with Crippen molar-refractivity contribution in [3.63, 3.8) is 0 Å². The predicted molar refractivity (Wildman–Crippen MR) is 151 cm³/mol. The first-order valence-corrected chi connectivity index (χ1v) is 13.8. The van der Waals surface area contributed by atoms with Crippen molar-refractivity contribution in [2.45, 2.75) is 82.7 Å². The van der Waals surface area contributed by atoms with Gasteiger partial charge in [-0.15, -0.1) is 0 Å². The molecule has 0 saturated carbocycles. The molecule has 1 aliphatic rings. The standard InChI is InChI=1S/C28H39FN6O8/c1-16(24(30)40)32-26(42)19(10-12-23(38)39)33-22(37)14-35-15-28(3,29)13-20(27(35)43)34-25(41)17(2)31-21(36)11-9-18-7-5-4-6-8-18/h4-8,16-17,19-20H,9-15H2,1-3H3,(H2,30,40)(H,31,36)(H,32,42)(H,33,37)(H,34,41)(H,38,39)/t16-,17-,19-,20-,28?/m0/s1. The van der Waals surface area contributed by atoms with Gasteiger partial charge in [-0.25, -0.2) is 4.39 Å². The number of aliphatic carboxylic acids is 1. The van der Waals surface area contributed by atoms with E-state index in [9.17, 15) is 33.6 Å². The van der Waals surface area contributed by atoms with Gasteiger partial charge in [-0.3, -0.25) is 33.6 Å². The Morgan fingerprint density at radius 1 is 1.00 bits per heavy atom. The second kappa shape index (κ2) is 15.6. The van der Waals surface area contributed by atoms with E-state index in [1.165, 1.54) is 20.8 Å². The Kier molecular flexibility index (Phi) is 12.6. The molecule has 1 fully saturated rings. The molecule has 236 valence electrons. The van der Waals surface area contributed by atoms with Gasteiger partial charge in [0.2, 0.25) is 35.4 Å². The van der Waals surface area contributed by atoms with E-state index in [1.54, 1.807) is 0 Å². The second-order valence-corrected chi connectivity index (χ2v) is 10.8.